The summed E-state index contributed by atoms with van der Waals surface area (Å²) in [5.74, 6) is 0.238. The fourth-order valence-electron chi connectivity index (χ4n) is 1.45. The van der Waals surface area contributed by atoms with Gasteiger partial charge < -0.3 is 10.5 Å². The molecule has 1 saturated heterocycles. The van der Waals surface area contributed by atoms with Gasteiger partial charge in [-0.15, -0.1) is 0 Å². The van der Waals surface area contributed by atoms with Crippen LogP contribution in [0, 0.1) is 0 Å². The molecule has 0 amide bonds. The molecule has 7 heteroatoms. The van der Waals surface area contributed by atoms with Gasteiger partial charge in [-0.05, 0) is 0 Å². The maximum absolute atomic E-state index is 11.6. The van der Waals surface area contributed by atoms with Gasteiger partial charge in [-0.1, -0.05) is 12.2 Å². The third-order valence-electron chi connectivity index (χ3n) is 2.48. The molecule has 0 saturated carbocycles. The van der Waals surface area contributed by atoms with Crippen LogP contribution in [0.4, 0.5) is 0 Å². The van der Waals surface area contributed by atoms with Gasteiger partial charge in [-0.2, -0.15) is 0 Å². The van der Waals surface area contributed by atoms with Crippen LogP contribution < -0.4 is 5.73 Å². The highest BCUT2D eigenvalue weighted by atomic mass is 32.2. The third-order valence-corrected chi connectivity index (χ3v) is 4.32. The number of nitrogens with two attached hydrogens (primary N) is 1. The van der Waals surface area contributed by atoms with Crippen LogP contribution in [0.25, 0.3) is 0 Å². The molecule has 0 aromatic rings. The summed E-state index contributed by atoms with van der Waals surface area (Å²) in [6, 6.07) is 0. The quantitative estimate of drug-likeness (QED) is 0.648. The highest BCUT2D eigenvalue weighted by Gasteiger charge is 2.15. The van der Waals surface area contributed by atoms with E-state index >= 15 is 0 Å². The van der Waals surface area contributed by atoms with Crippen molar-refractivity contribution in [1.82, 2.24) is 4.90 Å². The molecule has 0 radical (unpaired) electrons. The molecule has 94 valence electrons. The van der Waals surface area contributed by atoms with E-state index in [2.05, 4.69) is 17.1 Å². The second-order valence-electron chi connectivity index (χ2n) is 3.82. The Bertz CT molecular complexity index is 324. The lowest BCUT2D eigenvalue weighted by Crippen LogP contribution is -2.39. The molecule has 1 rings (SSSR count). The smallest absolute Gasteiger partial charge is 0.151 e. The summed E-state index contributed by atoms with van der Waals surface area (Å²) in [7, 11) is -3.03. The summed E-state index contributed by atoms with van der Waals surface area (Å²) in [6.45, 7) is 3.57. The van der Waals surface area contributed by atoms with E-state index in [1.54, 1.807) is 0 Å². The van der Waals surface area contributed by atoms with Gasteiger partial charge in [0.1, 0.15) is 0 Å². The minimum atomic E-state index is -3.03. The first-order chi connectivity index (χ1) is 7.49. The summed E-state index contributed by atoms with van der Waals surface area (Å²) in [4.78, 5) is 2.36. The number of rotatable bonds is 6. The van der Waals surface area contributed by atoms with Crippen molar-refractivity contribution in [3.05, 3.63) is 0 Å². The van der Waals surface area contributed by atoms with E-state index in [0.29, 0.717) is 19.8 Å². The zero-order chi connectivity index (χ0) is 12.0. The molecule has 0 aliphatic carbocycles. The van der Waals surface area contributed by atoms with Crippen LogP contribution in [0.3, 0.4) is 0 Å². The molecule has 0 aromatic carbocycles. The lowest BCUT2D eigenvalue weighted by Gasteiger charge is -2.26. The molecular formula is C9H18N2O3S2. The molecule has 1 aliphatic heterocycles. The lowest BCUT2D eigenvalue weighted by atomic mass is 10.4. The molecular weight excluding hydrogens is 248 g/mol. The van der Waals surface area contributed by atoms with Crippen molar-refractivity contribution in [2.24, 2.45) is 5.73 Å². The molecule has 0 spiro atoms. The Morgan fingerprint density at radius 3 is 2.50 bits per heavy atom. The van der Waals surface area contributed by atoms with Gasteiger partial charge in [-0.25, -0.2) is 8.42 Å². The first-order valence-electron chi connectivity index (χ1n) is 5.28. The predicted molar refractivity (Wildman–Crippen MR) is 67.3 cm³/mol. The third kappa shape index (κ3) is 5.74. The minimum Gasteiger partial charge on any atom is -0.393 e. The Balaban J connectivity index is 2.26. The SMILES string of the molecule is NC(=S)CCS(=O)(=O)CCN1CCOCC1. The lowest BCUT2D eigenvalue weighted by molar-refractivity contribution is 0.0408. The average Bonchev–Trinajstić information content (AvgIpc) is 2.26. The van der Waals surface area contributed by atoms with Gasteiger partial charge >= 0.3 is 0 Å². The minimum absolute atomic E-state index is 0.0622. The molecule has 16 heavy (non-hydrogen) atoms. The van der Waals surface area contributed by atoms with E-state index in [1.807, 2.05) is 0 Å². The van der Waals surface area contributed by atoms with Crippen molar-refractivity contribution in [1.29, 1.82) is 0 Å². The number of hydrogen-bond acceptors (Lipinski definition) is 5. The van der Waals surface area contributed by atoms with Crippen LogP contribution in [-0.2, 0) is 14.6 Å². The van der Waals surface area contributed by atoms with Crippen LogP contribution in [-0.4, -0.2) is 62.7 Å². The first kappa shape index (κ1) is 13.8. The molecule has 0 bridgehead atoms. The van der Waals surface area contributed by atoms with Crippen molar-refractivity contribution >= 4 is 27.0 Å². The van der Waals surface area contributed by atoms with E-state index in [0.717, 1.165) is 13.1 Å². The first-order valence-corrected chi connectivity index (χ1v) is 7.51. The Labute approximate surface area is 102 Å². The summed E-state index contributed by atoms with van der Waals surface area (Å²) in [5, 5.41) is 0. The summed E-state index contributed by atoms with van der Waals surface area (Å²) >= 11 is 4.66. The van der Waals surface area contributed by atoms with Crippen molar-refractivity contribution in [3.8, 4) is 0 Å². The number of morpholine rings is 1. The topological polar surface area (TPSA) is 72.6 Å². The fraction of sp³-hybridized carbons (Fsp3) is 0.889. The summed E-state index contributed by atoms with van der Waals surface area (Å²) < 4.78 is 28.4. The van der Waals surface area contributed by atoms with Crippen molar-refractivity contribution < 1.29 is 13.2 Å². The monoisotopic (exact) mass is 266 g/mol. The van der Waals surface area contributed by atoms with Gasteiger partial charge in [0.15, 0.2) is 9.84 Å². The maximum Gasteiger partial charge on any atom is 0.151 e. The second kappa shape index (κ2) is 6.48. The van der Waals surface area contributed by atoms with Gasteiger partial charge in [0, 0.05) is 26.1 Å². The molecule has 0 unspecified atom stereocenters. The van der Waals surface area contributed by atoms with Crippen LogP contribution in [0.2, 0.25) is 0 Å². The molecule has 1 heterocycles. The molecule has 1 aliphatic rings. The predicted octanol–water partition coefficient (Wildman–Crippen LogP) is -0.590. The Morgan fingerprint density at radius 1 is 1.31 bits per heavy atom. The molecule has 1 fully saturated rings. The maximum atomic E-state index is 11.6. The normalized spacial score (nSPS) is 18.5. The zero-order valence-electron chi connectivity index (χ0n) is 9.22. The molecule has 2 N–H and O–H groups in total. The standard InChI is InChI=1S/C9H18N2O3S2/c10-9(15)1-7-16(12,13)8-4-11-2-5-14-6-3-11/h1-8H2,(H2,10,15). The Morgan fingerprint density at radius 2 is 1.94 bits per heavy atom. The van der Waals surface area contributed by atoms with Crippen molar-refractivity contribution in [2.45, 2.75) is 6.42 Å². The second-order valence-corrected chi connectivity index (χ2v) is 6.65. The summed E-state index contributed by atoms with van der Waals surface area (Å²) in [5.41, 5.74) is 5.28. The van der Waals surface area contributed by atoms with E-state index < -0.39 is 9.84 Å². The number of ether oxygens (including phenoxy) is 1. The van der Waals surface area contributed by atoms with Crippen LogP contribution >= 0.6 is 12.2 Å². The van der Waals surface area contributed by atoms with E-state index in [1.165, 1.54) is 0 Å². The van der Waals surface area contributed by atoms with Gasteiger partial charge in [0.2, 0.25) is 0 Å². The molecule has 0 aromatic heterocycles. The van der Waals surface area contributed by atoms with E-state index in [4.69, 9.17) is 10.5 Å². The van der Waals surface area contributed by atoms with Crippen LogP contribution in [0.5, 0.6) is 0 Å². The van der Waals surface area contributed by atoms with Gasteiger partial charge in [0.05, 0.1) is 29.7 Å². The number of sulfone groups is 1. The fourth-order valence-corrected chi connectivity index (χ4v) is 2.95. The molecule has 5 nitrogen and oxygen atoms in total. The van der Waals surface area contributed by atoms with E-state index in [-0.39, 0.29) is 22.9 Å². The zero-order valence-corrected chi connectivity index (χ0v) is 10.9. The van der Waals surface area contributed by atoms with E-state index in [9.17, 15) is 8.42 Å². The molecule has 0 atom stereocenters. The average molecular weight is 266 g/mol. The van der Waals surface area contributed by atoms with Crippen LogP contribution in [0.15, 0.2) is 0 Å². The number of nitrogens with zero attached hydrogens (tertiary/aromatic N) is 1. The number of thiocarbonyl (C=S) groups is 1. The van der Waals surface area contributed by atoms with Crippen molar-refractivity contribution in [3.63, 3.8) is 0 Å². The highest BCUT2D eigenvalue weighted by molar-refractivity contribution is 7.91. The number of hydrogen-bond donors (Lipinski definition) is 1. The van der Waals surface area contributed by atoms with Crippen molar-refractivity contribution in [2.75, 3.05) is 44.4 Å². The van der Waals surface area contributed by atoms with Crippen LogP contribution in [0.1, 0.15) is 6.42 Å². The Hall–Kier alpha value is -0.240. The van der Waals surface area contributed by atoms with Gasteiger partial charge in [-0.3, -0.25) is 4.90 Å². The highest BCUT2D eigenvalue weighted by Crippen LogP contribution is 2.00. The van der Waals surface area contributed by atoms with Gasteiger partial charge in [0.25, 0.3) is 0 Å². The summed E-state index contributed by atoms with van der Waals surface area (Å²) in [6.07, 6.45) is 0.279. The Kier molecular flexibility index (Phi) is 5.60. The largest absolute Gasteiger partial charge is 0.393 e.